The van der Waals surface area contributed by atoms with Crippen LogP contribution in [0.4, 0.5) is 0 Å². The molecular weight excluding hydrogens is 606 g/mol. The number of benzene rings is 4. The number of rotatable bonds is 10. The number of ether oxygens (including phenoxy) is 6. The minimum atomic E-state index is -0.152. The average molecular weight is 634 g/mol. The molecule has 204 valence electrons. The van der Waals surface area contributed by atoms with Gasteiger partial charge >= 0.3 is 246 Å². The van der Waals surface area contributed by atoms with Crippen molar-refractivity contribution in [2.24, 2.45) is 0 Å². The summed E-state index contributed by atoms with van der Waals surface area (Å²) in [5.74, 6) is 3.31. The van der Waals surface area contributed by atoms with E-state index in [4.69, 9.17) is 51.6 Å². The normalized spacial score (nSPS) is 10.7. The molecule has 0 amide bonds. The third-order valence-corrected chi connectivity index (χ3v) is 8.94. The first-order valence-corrected chi connectivity index (χ1v) is 14.2. The van der Waals surface area contributed by atoms with E-state index >= 15 is 0 Å². The van der Waals surface area contributed by atoms with Crippen LogP contribution in [0.25, 0.3) is 22.3 Å². The quantitative estimate of drug-likeness (QED) is 0.199. The Morgan fingerprint density at radius 1 is 0.462 bits per heavy atom. The molecule has 9 heteroatoms. The summed E-state index contributed by atoms with van der Waals surface area (Å²) in [6, 6.07) is 19.5. The topological polar surface area (TPSA) is 55.4 Å². The summed E-state index contributed by atoms with van der Waals surface area (Å²) in [7, 11) is 9.56. The maximum absolute atomic E-state index is 6.48. The van der Waals surface area contributed by atoms with Gasteiger partial charge in [-0.05, 0) is 0 Å². The van der Waals surface area contributed by atoms with Gasteiger partial charge < -0.3 is 0 Å². The summed E-state index contributed by atoms with van der Waals surface area (Å²) in [6.45, 7) is 0. The van der Waals surface area contributed by atoms with Gasteiger partial charge in [-0.2, -0.15) is 0 Å². The van der Waals surface area contributed by atoms with Crippen LogP contribution in [0.3, 0.4) is 0 Å². The van der Waals surface area contributed by atoms with Gasteiger partial charge in [0, 0.05) is 0 Å². The number of hydrogen-bond donors (Lipinski definition) is 0. The Morgan fingerprint density at radius 3 is 1.08 bits per heavy atom. The molecule has 0 aliphatic heterocycles. The van der Waals surface area contributed by atoms with Crippen molar-refractivity contribution in [2.45, 2.75) is 0 Å². The first-order valence-electron chi connectivity index (χ1n) is 11.7. The van der Waals surface area contributed by atoms with Crippen molar-refractivity contribution in [1.29, 1.82) is 0 Å². The van der Waals surface area contributed by atoms with Crippen molar-refractivity contribution in [3.63, 3.8) is 0 Å². The molecule has 4 aromatic carbocycles. The molecule has 39 heavy (non-hydrogen) atoms. The van der Waals surface area contributed by atoms with Crippen LogP contribution in [0.1, 0.15) is 0 Å². The van der Waals surface area contributed by atoms with Crippen molar-refractivity contribution < 1.29 is 28.4 Å². The molecule has 0 aliphatic rings. The summed E-state index contributed by atoms with van der Waals surface area (Å²) in [4.78, 5) is 0. The molecule has 0 spiro atoms. The predicted molar refractivity (Wildman–Crippen MR) is 158 cm³/mol. The Hall–Kier alpha value is -3.22. The van der Waals surface area contributed by atoms with Crippen LogP contribution in [0.5, 0.6) is 34.5 Å². The molecule has 0 heterocycles. The van der Waals surface area contributed by atoms with E-state index in [1.54, 1.807) is 42.7 Å². The molecule has 0 atom stereocenters. The van der Waals surface area contributed by atoms with Gasteiger partial charge in [0.15, 0.2) is 0 Å². The van der Waals surface area contributed by atoms with E-state index in [0.717, 1.165) is 31.2 Å². The molecule has 0 saturated carbocycles. The van der Waals surface area contributed by atoms with E-state index in [9.17, 15) is 0 Å². The summed E-state index contributed by atoms with van der Waals surface area (Å²) in [6.07, 6.45) is 0. The van der Waals surface area contributed by atoms with E-state index in [0.29, 0.717) is 44.5 Å². The van der Waals surface area contributed by atoms with Crippen LogP contribution >= 0.6 is 23.2 Å². The van der Waals surface area contributed by atoms with Crippen molar-refractivity contribution in [3.05, 3.63) is 70.7 Å². The molecule has 0 aromatic heterocycles. The third kappa shape index (κ3) is 6.02. The molecule has 0 aliphatic carbocycles. The second-order valence-electron chi connectivity index (χ2n) is 8.21. The zero-order chi connectivity index (χ0) is 28.1. The maximum atomic E-state index is 6.48. The van der Waals surface area contributed by atoms with E-state index in [-0.39, 0.29) is 15.0 Å². The van der Waals surface area contributed by atoms with Gasteiger partial charge in [-0.1, -0.05) is 0 Å². The van der Waals surface area contributed by atoms with Gasteiger partial charge in [0.2, 0.25) is 0 Å². The van der Waals surface area contributed by atoms with E-state index in [1.807, 2.05) is 48.5 Å². The van der Waals surface area contributed by atoms with Crippen molar-refractivity contribution >= 4 is 47.1 Å². The molecule has 0 bridgehead atoms. The summed E-state index contributed by atoms with van der Waals surface area (Å²) >= 11 is 12.8. The van der Waals surface area contributed by atoms with Crippen LogP contribution in [0, 0.1) is 0 Å². The van der Waals surface area contributed by atoms with Crippen LogP contribution in [0.2, 0.25) is 10.0 Å². The number of methoxy groups -OCH3 is 6. The molecular formula is C30H28Cl2O6Se. The van der Waals surface area contributed by atoms with Crippen LogP contribution in [-0.4, -0.2) is 57.6 Å². The van der Waals surface area contributed by atoms with Gasteiger partial charge in [0.1, 0.15) is 0 Å². The second kappa shape index (κ2) is 12.8. The number of halogens is 2. The van der Waals surface area contributed by atoms with Crippen molar-refractivity contribution in [3.8, 4) is 56.8 Å². The van der Waals surface area contributed by atoms with Crippen LogP contribution < -0.4 is 37.3 Å². The van der Waals surface area contributed by atoms with Gasteiger partial charge in [-0.3, -0.25) is 0 Å². The Morgan fingerprint density at radius 2 is 0.795 bits per heavy atom. The van der Waals surface area contributed by atoms with Gasteiger partial charge in [-0.25, -0.2) is 0 Å². The molecule has 0 radical (unpaired) electrons. The zero-order valence-corrected chi connectivity index (χ0v) is 25.6. The monoisotopic (exact) mass is 634 g/mol. The molecule has 6 nitrogen and oxygen atoms in total. The van der Waals surface area contributed by atoms with E-state index in [2.05, 4.69) is 12.1 Å². The van der Waals surface area contributed by atoms with Crippen LogP contribution in [0.15, 0.2) is 60.7 Å². The third-order valence-electron chi connectivity index (χ3n) is 6.05. The SMILES string of the molecule is COc1cc(-c2cc(Cl)ccc2[Se]c2ccc(Cl)cc2-c2cc(OC)c(OC)c(OC)c2)cc(OC)c1OC. The molecule has 0 fully saturated rings. The fraction of sp³-hybridized carbons (Fsp3) is 0.200. The molecule has 4 aromatic rings. The molecule has 0 N–H and O–H groups in total. The first-order chi connectivity index (χ1) is 18.9. The molecule has 4 rings (SSSR count). The molecule has 0 saturated heterocycles. The summed E-state index contributed by atoms with van der Waals surface area (Å²) in [5, 5.41) is 1.25. The van der Waals surface area contributed by atoms with Crippen molar-refractivity contribution in [1.82, 2.24) is 0 Å². The van der Waals surface area contributed by atoms with Gasteiger partial charge in [-0.15, -0.1) is 0 Å². The second-order valence-corrected chi connectivity index (χ2v) is 11.4. The Balaban J connectivity index is 1.87. The zero-order valence-electron chi connectivity index (χ0n) is 22.4. The number of hydrogen-bond acceptors (Lipinski definition) is 6. The Labute approximate surface area is 244 Å². The Kier molecular flexibility index (Phi) is 9.41. The average Bonchev–Trinajstić information content (AvgIpc) is 2.96. The summed E-state index contributed by atoms with van der Waals surface area (Å²) in [5.41, 5.74) is 3.72. The first kappa shape index (κ1) is 28.8. The van der Waals surface area contributed by atoms with E-state index in [1.165, 1.54) is 0 Å². The van der Waals surface area contributed by atoms with Gasteiger partial charge in [0.25, 0.3) is 0 Å². The minimum absolute atomic E-state index is 0.152. The van der Waals surface area contributed by atoms with Gasteiger partial charge in [0.05, 0.1) is 0 Å². The van der Waals surface area contributed by atoms with E-state index < -0.39 is 0 Å². The molecule has 0 unspecified atom stereocenters. The Bertz CT molecular complexity index is 1330. The van der Waals surface area contributed by atoms with Crippen molar-refractivity contribution in [2.75, 3.05) is 42.7 Å². The van der Waals surface area contributed by atoms with Crippen LogP contribution in [-0.2, 0) is 0 Å². The fourth-order valence-electron chi connectivity index (χ4n) is 4.23. The standard InChI is InChI=1S/C30H28Cl2O6Se/c1-33-23-11-17(12-24(34-2)29(23)37-5)21-15-19(31)7-9-27(21)39-28-10-8-20(32)16-22(28)18-13-25(35-3)30(38-6)26(14-18)36-4/h7-16H,1-6H3. The summed E-state index contributed by atoms with van der Waals surface area (Å²) < 4.78 is 35.6. The fourth-order valence-corrected chi connectivity index (χ4v) is 6.84. The predicted octanol–water partition coefficient (Wildman–Crippen LogP) is 6.03.